The smallest absolute Gasteiger partial charge is 0.361 e. The number of fused-ring (bicyclic) bond motifs is 1. The highest BCUT2D eigenvalue weighted by molar-refractivity contribution is 7.89. The zero-order valence-corrected chi connectivity index (χ0v) is 19.5. The molecule has 6 nitrogen and oxygen atoms in total. The molecule has 0 unspecified atom stereocenters. The van der Waals surface area contributed by atoms with Gasteiger partial charge in [0.25, 0.3) is 0 Å². The van der Waals surface area contributed by atoms with E-state index in [9.17, 15) is 34.8 Å². The molecule has 1 N–H and O–H groups in total. The lowest BCUT2D eigenvalue weighted by atomic mass is 10.0. The van der Waals surface area contributed by atoms with Gasteiger partial charge >= 0.3 is 21.7 Å². The first-order valence-corrected chi connectivity index (χ1v) is 12.3. The van der Waals surface area contributed by atoms with E-state index in [1.54, 1.807) is 17.0 Å². The maximum absolute atomic E-state index is 13.5. The number of nitrogens with zero attached hydrogens (tertiary/aromatic N) is 3. The Morgan fingerprint density at radius 2 is 1.75 bits per heavy atom. The van der Waals surface area contributed by atoms with E-state index in [1.165, 1.54) is 18.6 Å². The second kappa shape index (κ2) is 9.77. The second-order valence-electron chi connectivity index (χ2n) is 8.47. The topological polar surface area (TPSA) is 69.3 Å². The molecule has 4 rings (SSSR count). The first-order valence-electron chi connectivity index (χ1n) is 10.9. The average molecular weight is 533 g/mol. The van der Waals surface area contributed by atoms with Crippen molar-refractivity contribution in [1.29, 1.82) is 0 Å². The largest absolute Gasteiger partial charge is 0.511 e. The van der Waals surface area contributed by atoms with Gasteiger partial charge in [-0.2, -0.15) is 30.6 Å². The molecule has 0 spiro atoms. The number of benzene rings is 2. The van der Waals surface area contributed by atoms with Crippen molar-refractivity contribution in [2.75, 3.05) is 11.4 Å². The molecular weight excluding hydrogens is 510 g/mol. The number of halogens is 6. The van der Waals surface area contributed by atoms with Crippen molar-refractivity contribution in [3.63, 3.8) is 0 Å². The number of H-pyrrole nitrogens is 1. The van der Waals surface area contributed by atoms with Gasteiger partial charge in [-0.05, 0) is 42.2 Å². The molecule has 0 saturated heterocycles. The Balaban J connectivity index is 1.81. The Morgan fingerprint density at radius 3 is 2.36 bits per heavy atom. The fourth-order valence-corrected chi connectivity index (χ4v) is 5.25. The predicted molar refractivity (Wildman–Crippen MR) is 120 cm³/mol. The number of aromatic nitrogens is 2. The Morgan fingerprint density at radius 1 is 1.03 bits per heavy atom. The van der Waals surface area contributed by atoms with Crippen LogP contribution in [0.1, 0.15) is 28.8 Å². The van der Waals surface area contributed by atoms with Crippen molar-refractivity contribution in [2.24, 2.45) is 0 Å². The molecular formula is C23H22F6N4O2S. The fraction of sp³-hybridized carbons (Fsp3) is 0.348. The third kappa shape index (κ3) is 5.51. The summed E-state index contributed by atoms with van der Waals surface area (Å²) in [4.78, 5) is 8.47. The maximum Gasteiger partial charge on any atom is 0.511 e. The van der Waals surface area contributed by atoms with Crippen LogP contribution in [0.15, 0.2) is 61.1 Å². The zero-order valence-electron chi connectivity index (χ0n) is 18.7. The van der Waals surface area contributed by atoms with E-state index in [-0.39, 0.29) is 28.5 Å². The van der Waals surface area contributed by atoms with Gasteiger partial charge in [0.1, 0.15) is 0 Å². The Bertz CT molecular complexity index is 1280. The number of nitrogens with one attached hydrogen (secondary N) is 1. The van der Waals surface area contributed by atoms with E-state index in [0.29, 0.717) is 18.2 Å². The van der Waals surface area contributed by atoms with Crippen molar-refractivity contribution < 1.29 is 34.8 Å². The molecule has 2 heterocycles. The lowest BCUT2D eigenvalue weighted by molar-refractivity contribution is -0.137. The van der Waals surface area contributed by atoms with Crippen LogP contribution in [0.2, 0.25) is 0 Å². The van der Waals surface area contributed by atoms with Gasteiger partial charge < -0.3 is 9.88 Å². The van der Waals surface area contributed by atoms with Gasteiger partial charge in [0.05, 0.1) is 24.1 Å². The van der Waals surface area contributed by atoms with Crippen LogP contribution < -0.4 is 4.90 Å². The van der Waals surface area contributed by atoms with Crippen LogP contribution in [0.3, 0.4) is 0 Å². The normalized spacial score (nSPS) is 17.6. The van der Waals surface area contributed by atoms with E-state index in [4.69, 9.17) is 0 Å². The summed E-state index contributed by atoms with van der Waals surface area (Å²) in [7, 11) is -5.81. The molecule has 194 valence electrons. The Labute approximate surface area is 203 Å². The van der Waals surface area contributed by atoms with Crippen LogP contribution in [0.5, 0.6) is 0 Å². The minimum Gasteiger partial charge on any atom is -0.361 e. The maximum atomic E-state index is 13.5. The van der Waals surface area contributed by atoms with Crippen molar-refractivity contribution in [1.82, 2.24) is 14.3 Å². The SMILES string of the molecule is O=S(=O)(N1Cc2cc(C(F)(F)F)ccc2N(Cc2cnc[nH]2)[C@@H](CCc2ccccc2)C1)C(F)(F)F. The Hall–Kier alpha value is -3.06. The quantitative estimate of drug-likeness (QED) is 0.449. The standard InChI is InChI=1S/C23H22F6N4O2S/c24-22(25,26)18-7-9-21-17(10-18)12-32(36(34,35)23(27,28)29)14-20(8-6-16-4-2-1-3-5-16)33(21)13-19-11-30-15-31-19/h1-5,7,9-11,15,20H,6,8,12-14H2,(H,30,31)/t20-/m0/s1. The molecule has 0 fully saturated rings. The molecule has 13 heteroatoms. The molecule has 1 aliphatic rings. The molecule has 2 aromatic carbocycles. The van der Waals surface area contributed by atoms with Gasteiger partial charge in [0, 0.05) is 31.0 Å². The average Bonchev–Trinajstić information content (AvgIpc) is 3.26. The number of sulfonamides is 1. The summed E-state index contributed by atoms with van der Waals surface area (Å²) in [6, 6.07) is 11.1. The van der Waals surface area contributed by atoms with Crippen LogP contribution >= 0.6 is 0 Å². The van der Waals surface area contributed by atoms with Gasteiger partial charge in [-0.15, -0.1) is 0 Å². The number of alkyl halides is 6. The van der Waals surface area contributed by atoms with E-state index in [2.05, 4.69) is 9.97 Å². The molecule has 0 saturated carbocycles. The van der Waals surface area contributed by atoms with Crippen molar-refractivity contribution in [3.8, 4) is 0 Å². The van der Waals surface area contributed by atoms with E-state index >= 15 is 0 Å². The summed E-state index contributed by atoms with van der Waals surface area (Å²) in [5.74, 6) is 0. The highest BCUT2D eigenvalue weighted by atomic mass is 32.2. The van der Waals surface area contributed by atoms with Gasteiger partial charge in [0.2, 0.25) is 0 Å². The number of aryl methyl sites for hydroxylation is 1. The number of aromatic amines is 1. The van der Waals surface area contributed by atoms with Crippen LogP contribution in [-0.4, -0.2) is 40.8 Å². The zero-order chi connectivity index (χ0) is 26.1. The minimum absolute atomic E-state index is 0.0811. The summed E-state index contributed by atoms with van der Waals surface area (Å²) in [5.41, 5.74) is -5.15. The first kappa shape index (κ1) is 26.0. The van der Waals surface area contributed by atoms with E-state index in [1.807, 2.05) is 18.2 Å². The van der Waals surface area contributed by atoms with Crippen LogP contribution in [0.4, 0.5) is 32.0 Å². The molecule has 3 aromatic rings. The van der Waals surface area contributed by atoms with E-state index in [0.717, 1.165) is 11.6 Å². The summed E-state index contributed by atoms with van der Waals surface area (Å²) in [6.45, 7) is -1.32. The molecule has 1 aliphatic heterocycles. The Kier molecular flexibility index (Phi) is 7.06. The van der Waals surface area contributed by atoms with Gasteiger partial charge in [-0.3, -0.25) is 0 Å². The number of hydrogen-bond donors (Lipinski definition) is 1. The first-order chi connectivity index (χ1) is 16.9. The molecule has 0 bridgehead atoms. The summed E-state index contributed by atoms with van der Waals surface area (Å²) >= 11 is 0. The van der Waals surface area contributed by atoms with Gasteiger partial charge in [-0.1, -0.05) is 30.3 Å². The van der Waals surface area contributed by atoms with Crippen molar-refractivity contribution in [3.05, 3.63) is 83.4 Å². The van der Waals surface area contributed by atoms with Gasteiger partial charge in [0.15, 0.2) is 0 Å². The molecule has 36 heavy (non-hydrogen) atoms. The third-order valence-corrected chi connectivity index (χ3v) is 7.60. The lowest BCUT2D eigenvalue weighted by Gasteiger charge is -2.34. The number of rotatable bonds is 6. The predicted octanol–water partition coefficient (Wildman–Crippen LogP) is 5.10. The number of anilines is 1. The minimum atomic E-state index is -5.81. The summed E-state index contributed by atoms with van der Waals surface area (Å²) in [5, 5.41) is 0. The number of hydrogen-bond acceptors (Lipinski definition) is 4. The molecule has 0 amide bonds. The van der Waals surface area contributed by atoms with Crippen molar-refractivity contribution >= 4 is 15.7 Å². The van der Waals surface area contributed by atoms with Crippen molar-refractivity contribution in [2.45, 2.75) is 43.7 Å². The summed E-state index contributed by atoms with van der Waals surface area (Å²) < 4.78 is 106. The lowest BCUT2D eigenvalue weighted by Crippen LogP contribution is -2.47. The highest BCUT2D eigenvalue weighted by Crippen LogP contribution is 2.39. The van der Waals surface area contributed by atoms with Crippen LogP contribution in [-0.2, 0) is 35.7 Å². The van der Waals surface area contributed by atoms with Crippen LogP contribution in [0, 0.1) is 0 Å². The van der Waals surface area contributed by atoms with E-state index < -0.39 is 46.4 Å². The highest BCUT2D eigenvalue weighted by Gasteiger charge is 2.51. The van der Waals surface area contributed by atoms with Gasteiger partial charge in [-0.25, -0.2) is 13.4 Å². The second-order valence-corrected chi connectivity index (χ2v) is 10.4. The molecule has 0 aliphatic carbocycles. The third-order valence-electron chi connectivity index (χ3n) is 6.06. The molecule has 1 atom stereocenters. The fourth-order valence-electron chi connectivity index (χ4n) is 4.28. The molecule has 0 radical (unpaired) electrons. The van der Waals surface area contributed by atoms with Crippen LogP contribution in [0.25, 0.3) is 0 Å². The number of imidazole rings is 1. The monoisotopic (exact) mass is 532 g/mol. The molecule has 1 aromatic heterocycles. The summed E-state index contributed by atoms with van der Waals surface area (Å²) in [6.07, 6.45) is -1.19.